The van der Waals surface area contributed by atoms with Gasteiger partial charge in [-0.25, -0.2) is 0 Å². The van der Waals surface area contributed by atoms with Gasteiger partial charge in [-0.2, -0.15) is 0 Å². The van der Waals surface area contributed by atoms with E-state index in [1.807, 2.05) is 0 Å². The Balaban J connectivity index is 1.52. The molecule has 1 saturated heterocycles. The summed E-state index contributed by atoms with van der Waals surface area (Å²) in [4.78, 5) is 6.49. The van der Waals surface area contributed by atoms with Gasteiger partial charge in [0.15, 0.2) is 0 Å². The molecule has 1 aromatic carbocycles. The Hall–Kier alpha value is -1.58. The molecule has 2 aliphatic heterocycles. The fourth-order valence-corrected chi connectivity index (χ4v) is 5.26. The Morgan fingerprint density at radius 1 is 1.13 bits per heavy atom. The van der Waals surface area contributed by atoms with E-state index in [0.717, 1.165) is 12.8 Å². The average molecular weight is 308 g/mol. The second-order valence-corrected chi connectivity index (χ2v) is 7.40. The van der Waals surface area contributed by atoms with E-state index in [1.54, 1.807) is 5.56 Å². The van der Waals surface area contributed by atoms with Crippen molar-refractivity contribution in [3.05, 3.63) is 47.2 Å². The quantitative estimate of drug-likeness (QED) is 0.791. The largest absolute Gasteiger partial charge is 0.392 e. The first kappa shape index (κ1) is 13.8. The highest BCUT2D eigenvalue weighted by Crippen LogP contribution is 2.46. The molecular formula is C20H24N2O. The van der Waals surface area contributed by atoms with Crippen LogP contribution in [-0.2, 0) is 6.42 Å². The van der Waals surface area contributed by atoms with Crippen molar-refractivity contribution in [2.75, 3.05) is 13.2 Å². The highest BCUT2D eigenvalue weighted by molar-refractivity contribution is 5.85. The number of aromatic amines is 1. The van der Waals surface area contributed by atoms with Crippen molar-refractivity contribution in [3.8, 4) is 0 Å². The van der Waals surface area contributed by atoms with Crippen LogP contribution in [0.2, 0.25) is 0 Å². The van der Waals surface area contributed by atoms with Crippen molar-refractivity contribution >= 4 is 10.9 Å². The SMILES string of the molecule is OCC1=C[C@@H]2CC[C@@H]3c4[nH]c5ccccc5c4CCN3[C@H]2CC1. The molecule has 0 radical (unpaired) electrons. The van der Waals surface area contributed by atoms with E-state index < -0.39 is 0 Å². The number of aromatic nitrogens is 1. The van der Waals surface area contributed by atoms with Gasteiger partial charge in [0.1, 0.15) is 0 Å². The molecule has 0 spiro atoms. The number of piperidine rings is 1. The molecule has 2 N–H and O–H groups in total. The van der Waals surface area contributed by atoms with Crippen molar-refractivity contribution in [1.29, 1.82) is 0 Å². The summed E-state index contributed by atoms with van der Waals surface area (Å²) in [6.07, 6.45) is 8.31. The Bertz CT molecular complexity index is 775. The van der Waals surface area contributed by atoms with Crippen LogP contribution in [0.25, 0.3) is 10.9 Å². The zero-order valence-electron chi connectivity index (χ0n) is 13.5. The van der Waals surface area contributed by atoms with Gasteiger partial charge >= 0.3 is 0 Å². The predicted octanol–water partition coefficient (Wildman–Crippen LogP) is 3.56. The minimum absolute atomic E-state index is 0.249. The van der Waals surface area contributed by atoms with Crippen LogP contribution >= 0.6 is 0 Å². The normalized spacial score (nSPS) is 30.5. The standard InChI is InChI=1S/C20H24N2O/c23-12-13-5-7-18-14(11-13)6-8-19-20-16(9-10-22(18)19)15-3-1-2-4-17(15)21-20/h1-4,11,14,18-19,21,23H,5-10,12H2/t14-,18-,19+/m0/s1. The molecule has 0 unspecified atom stereocenters. The molecule has 3 heterocycles. The zero-order valence-corrected chi connectivity index (χ0v) is 13.5. The Kier molecular flexibility index (Phi) is 3.14. The minimum atomic E-state index is 0.249. The lowest BCUT2D eigenvalue weighted by atomic mass is 9.75. The predicted molar refractivity (Wildman–Crippen MR) is 92.4 cm³/mol. The van der Waals surface area contributed by atoms with Gasteiger partial charge in [0.05, 0.1) is 12.6 Å². The molecule has 23 heavy (non-hydrogen) atoms. The number of nitrogens with one attached hydrogen (secondary N) is 1. The number of aliphatic hydroxyl groups is 1. The second kappa shape index (κ2) is 5.22. The summed E-state index contributed by atoms with van der Waals surface area (Å²) in [5.41, 5.74) is 5.59. The maximum Gasteiger partial charge on any atom is 0.0641 e. The third-order valence-electron chi connectivity index (χ3n) is 6.31. The fraction of sp³-hybridized carbons (Fsp3) is 0.500. The number of rotatable bonds is 1. The lowest BCUT2D eigenvalue weighted by molar-refractivity contribution is 0.0357. The Labute approximate surface area is 137 Å². The van der Waals surface area contributed by atoms with E-state index in [4.69, 9.17) is 0 Å². The van der Waals surface area contributed by atoms with Crippen LogP contribution < -0.4 is 0 Å². The molecule has 1 aromatic heterocycles. The molecule has 0 saturated carbocycles. The summed E-state index contributed by atoms with van der Waals surface area (Å²) in [6.45, 7) is 1.43. The van der Waals surface area contributed by atoms with E-state index in [1.165, 1.54) is 48.0 Å². The number of fused-ring (bicyclic) bond motifs is 7. The molecule has 0 amide bonds. The highest BCUT2D eigenvalue weighted by Gasteiger charge is 2.41. The van der Waals surface area contributed by atoms with Gasteiger partial charge < -0.3 is 10.1 Å². The van der Waals surface area contributed by atoms with Crippen LogP contribution in [0, 0.1) is 5.92 Å². The maximum absolute atomic E-state index is 9.44. The second-order valence-electron chi connectivity index (χ2n) is 7.40. The van der Waals surface area contributed by atoms with Crippen molar-refractivity contribution < 1.29 is 5.11 Å². The van der Waals surface area contributed by atoms with E-state index >= 15 is 0 Å². The van der Waals surface area contributed by atoms with Gasteiger partial charge in [0.2, 0.25) is 0 Å². The summed E-state index contributed by atoms with van der Waals surface area (Å²) >= 11 is 0. The summed E-state index contributed by atoms with van der Waals surface area (Å²) in [6, 6.07) is 9.99. The number of aliphatic hydroxyl groups excluding tert-OH is 1. The summed E-state index contributed by atoms with van der Waals surface area (Å²) in [5.74, 6) is 0.646. The molecule has 1 fully saturated rings. The smallest absolute Gasteiger partial charge is 0.0641 e. The Morgan fingerprint density at radius 3 is 2.96 bits per heavy atom. The van der Waals surface area contributed by atoms with Crippen LogP contribution in [0.5, 0.6) is 0 Å². The van der Waals surface area contributed by atoms with Crippen LogP contribution in [0.1, 0.15) is 43.0 Å². The lowest BCUT2D eigenvalue weighted by Gasteiger charge is -2.49. The number of hydrogen-bond acceptors (Lipinski definition) is 2. The number of hydrogen-bond donors (Lipinski definition) is 2. The van der Waals surface area contributed by atoms with E-state index in [9.17, 15) is 5.11 Å². The summed E-state index contributed by atoms with van der Waals surface area (Å²) < 4.78 is 0. The molecule has 120 valence electrons. The summed E-state index contributed by atoms with van der Waals surface area (Å²) in [7, 11) is 0. The van der Waals surface area contributed by atoms with Crippen LogP contribution in [0.3, 0.4) is 0 Å². The number of benzene rings is 1. The average Bonchev–Trinajstić information content (AvgIpc) is 2.99. The lowest BCUT2D eigenvalue weighted by Crippen LogP contribution is -2.50. The molecule has 3 atom stereocenters. The molecule has 3 heteroatoms. The van der Waals surface area contributed by atoms with Gasteiger partial charge in [0, 0.05) is 29.2 Å². The third-order valence-corrected chi connectivity index (χ3v) is 6.31. The highest BCUT2D eigenvalue weighted by atomic mass is 16.3. The topological polar surface area (TPSA) is 39.3 Å². The molecular weight excluding hydrogens is 284 g/mol. The van der Waals surface area contributed by atoms with Crippen molar-refractivity contribution in [2.24, 2.45) is 5.92 Å². The molecule has 5 rings (SSSR count). The molecule has 2 aromatic rings. The fourth-order valence-electron chi connectivity index (χ4n) is 5.26. The van der Waals surface area contributed by atoms with E-state index in [2.05, 4.69) is 40.2 Å². The number of para-hydroxylation sites is 1. The molecule has 3 aliphatic rings. The van der Waals surface area contributed by atoms with Crippen molar-refractivity contribution in [3.63, 3.8) is 0 Å². The van der Waals surface area contributed by atoms with Gasteiger partial charge in [-0.15, -0.1) is 0 Å². The van der Waals surface area contributed by atoms with Gasteiger partial charge in [-0.1, -0.05) is 24.3 Å². The number of nitrogens with zero attached hydrogens (tertiary/aromatic N) is 1. The molecule has 0 bridgehead atoms. The number of H-pyrrole nitrogens is 1. The third kappa shape index (κ3) is 2.03. The Morgan fingerprint density at radius 2 is 2.04 bits per heavy atom. The maximum atomic E-state index is 9.44. The van der Waals surface area contributed by atoms with Crippen molar-refractivity contribution in [1.82, 2.24) is 9.88 Å². The first-order chi connectivity index (χ1) is 11.3. The van der Waals surface area contributed by atoms with Crippen molar-refractivity contribution in [2.45, 2.75) is 44.2 Å². The van der Waals surface area contributed by atoms with Crippen LogP contribution in [0.4, 0.5) is 0 Å². The summed E-state index contributed by atoms with van der Waals surface area (Å²) in [5, 5.41) is 10.9. The monoisotopic (exact) mass is 308 g/mol. The van der Waals surface area contributed by atoms with Crippen LogP contribution in [0.15, 0.2) is 35.9 Å². The van der Waals surface area contributed by atoms with Crippen LogP contribution in [-0.4, -0.2) is 34.2 Å². The molecule has 1 aliphatic carbocycles. The molecule has 3 nitrogen and oxygen atoms in total. The first-order valence-electron chi connectivity index (χ1n) is 9.01. The van der Waals surface area contributed by atoms with Gasteiger partial charge in [-0.05, 0) is 55.2 Å². The van der Waals surface area contributed by atoms with Gasteiger partial charge in [0.25, 0.3) is 0 Å². The van der Waals surface area contributed by atoms with Gasteiger partial charge in [-0.3, -0.25) is 4.90 Å². The van der Waals surface area contributed by atoms with E-state index in [0.29, 0.717) is 18.0 Å². The van der Waals surface area contributed by atoms with E-state index in [-0.39, 0.29) is 6.61 Å². The zero-order chi connectivity index (χ0) is 15.4. The minimum Gasteiger partial charge on any atom is -0.392 e. The first-order valence-corrected chi connectivity index (χ1v) is 9.01.